The van der Waals surface area contributed by atoms with Crippen LogP contribution in [0, 0.1) is 0 Å². The number of benzene rings is 2. The summed E-state index contributed by atoms with van der Waals surface area (Å²) in [5, 5.41) is 1.09. The SMILES string of the molecule is CC(c1nc2ccccc2s1)N1CCN(S(=O)(=O)c2ccccc2)CC1. The lowest BCUT2D eigenvalue weighted by molar-refractivity contribution is 0.146. The number of piperazine rings is 1. The number of para-hydroxylation sites is 1. The Labute approximate surface area is 157 Å². The molecular weight excluding hydrogens is 366 g/mol. The molecule has 4 rings (SSSR count). The average Bonchev–Trinajstić information content (AvgIpc) is 3.12. The highest BCUT2D eigenvalue weighted by Crippen LogP contribution is 2.30. The van der Waals surface area contributed by atoms with E-state index in [1.165, 1.54) is 4.70 Å². The molecule has 0 bridgehead atoms. The van der Waals surface area contributed by atoms with Crippen LogP contribution in [0.2, 0.25) is 0 Å². The minimum atomic E-state index is -3.40. The van der Waals surface area contributed by atoms with Gasteiger partial charge in [-0.15, -0.1) is 11.3 Å². The van der Waals surface area contributed by atoms with Crippen LogP contribution in [0.25, 0.3) is 10.2 Å². The fraction of sp³-hybridized carbons (Fsp3) is 0.316. The average molecular weight is 388 g/mol. The van der Waals surface area contributed by atoms with Crippen LogP contribution in [0.1, 0.15) is 18.0 Å². The number of nitrogens with zero attached hydrogens (tertiary/aromatic N) is 3. The first-order valence-electron chi connectivity index (χ1n) is 8.70. The molecule has 26 heavy (non-hydrogen) atoms. The molecule has 1 atom stereocenters. The van der Waals surface area contributed by atoms with Crippen molar-refractivity contribution in [1.29, 1.82) is 0 Å². The predicted octanol–water partition coefficient (Wildman–Crippen LogP) is 3.36. The van der Waals surface area contributed by atoms with E-state index in [-0.39, 0.29) is 6.04 Å². The molecule has 5 nitrogen and oxygen atoms in total. The standard InChI is InChI=1S/C19H21N3O2S2/c1-15(19-20-17-9-5-6-10-18(17)25-19)21-11-13-22(14-12-21)26(23,24)16-7-3-2-4-8-16/h2-10,15H,11-14H2,1H3. The van der Waals surface area contributed by atoms with Gasteiger partial charge in [0.1, 0.15) is 5.01 Å². The second kappa shape index (κ2) is 7.08. The third-order valence-corrected chi connectivity index (χ3v) is 7.99. The number of hydrogen-bond acceptors (Lipinski definition) is 5. The summed E-state index contributed by atoms with van der Waals surface area (Å²) in [6.45, 7) is 4.59. The molecule has 0 spiro atoms. The van der Waals surface area contributed by atoms with Crippen molar-refractivity contribution in [3.05, 3.63) is 59.6 Å². The van der Waals surface area contributed by atoms with Gasteiger partial charge >= 0.3 is 0 Å². The van der Waals surface area contributed by atoms with Gasteiger partial charge in [0.25, 0.3) is 0 Å². The van der Waals surface area contributed by atoms with Crippen LogP contribution in [0.15, 0.2) is 59.5 Å². The first-order chi connectivity index (χ1) is 12.6. The topological polar surface area (TPSA) is 53.5 Å². The highest BCUT2D eigenvalue weighted by Gasteiger charge is 2.30. The summed E-state index contributed by atoms with van der Waals surface area (Å²) in [6.07, 6.45) is 0. The Morgan fingerprint density at radius 2 is 1.62 bits per heavy atom. The van der Waals surface area contributed by atoms with Gasteiger partial charge < -0.3 is 0 Å². The monoisotopic (exact) mass is 387 g/mol. The van der Waals surface area contributed by atoms with Crippen molar-refractivity contribution >= 4 is 31.6 Å². The lowest BCUT2D eigenvalue weighted by Gasteiger charge is -2.36. The number of thiazole rings is 1. The van der Waals surface area contributed by atoms with Crippen molar-refractivity contribution in [2.75, 3.05) is 26.2 Å². The van der Waals surface area contributed by atoms with Crippen LogP contribution in [-0.4, -0.2) is 48.8 Å². The second-order valence-electron chi connectivity index (χ2n) is 6.45. The number of fused-ring (bicyclic) bond motifs is 1. The minimum Gasteiger partial charge on any atom is -0.292 e. The van der Waals surface area contributed by atoms with Crippen molar-refractivity contribution in [3.63, 3.8) is 0 Å². The van der Waals surface area contributed by atoms with Gasteiger partial charge in [0.2, 0.25) is 10.0 Å². The van der Waals surface area contributed by atoms with E-state index in [4.69, 9.17) is 4.98 Å². The maximum atomic E-state index is 12.7. The zero-order valence-corrected chi connectivity index (χ0v) is 16.2. The van der Waals surface area contributed by atoms with E-state index in [0.29, 0.717) is 31.1 Å². The molecule has 0 radical (unpaired) electrons. The zero-order chi connectivity index (χ0) is 18.1. The van der Waals surface area contributed by atoms with Crippen molar-refractivity contribution in [1.82, 2.24) is 14.2 Å². The fourth-order valence-corrected chi connectivity index (χ4v) is 5.79. The molecule has 0 aliphatic carbocycles. The molecule has 2 aromatic carbocycles. The Kier molecular flexibility index (Phi) is 4.79. The summed E-state index contributed by atoms with van der Waals surface area (Å²) in [7, 11) is -3.40. The van der Waals surface area contributed by atoms with E-state index in [0.717, 1.165) is 10.5 Å². The number of sulfonamides is 1. The first-order valence-corrected chi connectivity index (χ1v) is 11.0. The Balaban J connectivity index is 1.46. The molecule has 1 aliphatic heterocycles. The summed E-state index contributed by atoms with van der Waals surface area (Å²) in [4.78, 5) is 7.43. The Hall–Kier alpha value is -1.80. The van der Waals surface area contributed by atoms with Gasteiger partial charge in [-0.25, -0.2) is 13.4 Å². The molecule has 1 saturated heterocycles. The molecule has 0 amide bonds. The normalized spacial score (nSPS) is 18.2. The van der Waals surface area contributed by atoms with Crippen LogP contribution in [-0.2, 0) is 10.0 Å². The first kappa shape index (κ1) is 17.6. The summed E-state index contributed by atoms with van der Waals surface area (Å²) < 4.78 is 28.3. The summed E-state index contributed by atoms with van der Waals surface area (Å²) >= 11 is 1.72. The van der Waals surface area contributed by atoms with E-state index < -0.39 is 10.0 Å². The molecule has 1 fully saturated rings. The smallest absolute Gasteiger partial charge is 0.243 e. The fourth-order valence-electron chi connectivity index (χ4n) is 3.30. The van der Waals surface area contributed by atoms with E-state index in [1.807, 2.05) is 24.3 Å². The largest absolute Gasteiger partial charge is 0.292 e. The molecule has 1 aliphatic rings. The van der Waals surface area contributed by atoms with Gasteiger partial charge in [-0.3, -0.25) is 4.90 Å². The maximum absolute atomic E-state index is 12.7. The van der Waals surface area contributed by atoms with E-state index in [9.17, 15) is 8.42 Å². The molecule has 1 unspecified atom stereocenters. The van der Waals surface area contributed by atoms with Crippen LogP contribution in [0.3, 0.4) is 0 Å². The van der Waals surface area contributed by atoms with Gasteiger partial charge in [0.05, 0.1) is 21.2 Å². The van der Waals surface area contributed by atoms with Crippen molar-refractivity contribution in [3.8, 4) is 0 Å². The third kappa shape index (κ3) is 3.27. The quantitative estimate of drug-likeness (QED) is 0.689. The van der Waals surface area contributed by atoms with Gasteiger partial charge in [0, 0.05) is 26.2 Å². The highest BCUT2D eigenvalue weighted by atomic mass is 32.2. The lowest BCUT2D eigenvalue weighted by atomic mass is 10.2. The summed E-state index contributed by atoms with van der Waals surface area (Å²) in [5.41, 5.74) is 1.03. The Morgan fingerprint density at radius 1 is 0.962 bits per heavy atom. The minimum absolute atomic E-state index is 0.189. The van der Waals surface area contributed by atoms with Gasteiger partial charge in [-0.2, -0.15) is 4.31 Å². The number of aromatic nitrogens is 1. The Morgan fingerprint density at radius 3 is 2.31 bits per heavy atom. The van der Waals surface area contributed by atoms with Crippen LogP contribution in [0.4, 0.5) is 0 Å². The highest BCUT2D eigenvalue weighted by molar-refractivity contribution is 7.89. The molecule has 1 aromatic heterocycles. The van der Waals surface area contributed by atoms with Crippen LogP contribution in [0.5, 0.6) is 0 Å². The zero-order valence-electron chi connectivity index (χ0n) is 14.6. The summed E-state index contributed by atoms with van der Waals surface area (Å²) in [5.74, 6) is 0. The molecule has 0 saturated carbocycles. The molecule has 136 valence electrons. The maximum Gasteiger partial charge on any atom is 0.243 e. The van der Waals surface area contributed by atoms with E-state index in [1.54, 1.807) is 39.9 Å². The van der Waals surface area contributed by atoms with Crippen molar-refractivity contribution in [2.45, 2.75) is 17.9 Å². The predicted molar refractivity (Wildman–Crippen MR) is 105 cm³/mol. The van der Waals surface area contributed by atoms with Gasteiger partial charge in [-0.1, -0.05) is 30.3 Å². The van der Waals surface area contributed by atoms with Gasteiger partial charge in [0.15, 0.2) is 0 Å². The number of hydrogen-bond donors (Lipinski definition) is 0. The third-order valence-electron chi connectivity index (χ3n) is 4.87. The molecule has 2 heterocycles. The summed E-state index contributed by atoms with van der Waals surface area (Å²) in [6, 6.07) is 17.0. The molecule has 3 aromatic rings. The number of rotatable bonds is 4. The molecule has 0 N–H and O–H groups in total. The molecular formula is C19H21N3O2S2. The van der Waals surface area contributed by atoms with Crippen LogP contribution >= 0.6 is 11.3 Å². The second-order valence-corrected chi connectivity index (χ2v) is 9.45. The Bertz CT molecular complexity index is 961. The van der Waals surface area contributed by atoms with Crippen molar-refractivity contribution < 1.29 is 8.42 Å². The lowest BCUT2D eigenvalue weighted by Crippen LogP contribution is -2.49. The van der Waals surface area contributed by atoms with E-state index in [2.05, 4.69) is 17.9 Å². The van der Waals surface area contributed by atoms with Gasteiger partial charge in [-0.05, 0) is 31.2 Å². The van der Waals surface area contributed by atoms with E-state index >= 15 is 0 Å². The van der Waals surface area contributed by atoms with Crippen molar-refractivity contribution in [2.24, 2.45) is 0 Å². The molecule has 7 heteroatoms. The van der Waals surface area contributed by atoms with Crippen LogP contribution < -0.4 is 0 Å².